The minimum absolute atomic E-state index is 0.182. The van der Waals surface area contributed by atoms with E-state index in [0.29, 0.717) is 11.4 Å². The molecular weight excluding hydrogens is 284 g/mol. The van der Waals surface area contributed by atoms with E-state index >= 15 is 0 Å². The van der Waals surface area contributed by atoms with Crippen LogP contribution in [0, 0.1) is 11.8 Å². The topological polar surface area (TPSA) is 74.8 Å². The summed E-state index contributed by atoms with van der Waals surface area (Å²) in [7, 11) is 0. The van der Waals surface area contributed by atoms with Gasteiger partial charge in [0.25, 0.3) is 0 Å². The van der Waals surface area contributed by atoms with Gasteiger partial charge in [0, 0.05) is 24.7 Å². The molecule has 2 fully saturated rings. The summed E-state index contributed by atoms with van der Waals surface area (Å²) < 4.78 is 0. The van der Waals surface area contributed by atoms with E-state index in [1.54, 1.807) is 38.1 Å². The lowest BCUT2D eigenvalue weighted by Crippen LogP contribution is -2.32. The smallest absolute Gasteiger partial charge is 0.237 e. The van der Waals surface area contributed by atoms with E-state index in [1.807, 2.05) is 0 Å². The van der Waals surface area contributed by atoms with Crippen LogP contribution in [0.3, 0.4) is 0 Å². The summed E-state index contributed by atoms with van der Waals surface area (Å²) in [6.07, 6.45) is 0.364. The van der Waals surface area contributed by atoms with Crippen LogP contribution in [-0.2, 0) is 19.2 Å². The summed E-state index contributed by atoms with van der Waals surface area (Å²) >= 11 is 0. The molecule has 2 aliphatic rings. The van der Waals surface area contributed by atoms with E-state index in [0.717, 1.165) is 9.80 Å². The number of imide groups is 2. The fourth-order valence-electron chi connectivity index (χ4n) is 2.88. The zero-order valence-corrected chi connectivity index (χ0v) is 12.4. The van der Waals surface area contributed by atoms with E-state index in [1.165, 1.54) is 0 Å². The minimum atomic E-state index is -0.341. The third-order valence-corrected chi connectivity index (χ3v) is 4.09. The molecule has 0 aromatic heterocycles. The molecule has 2 unspecified atom stereocenters. The van der Waals surface area contributed by atoms with Crippen molar-refractivity contribution in [2.75, 3.05) is 9.80 Å². The molecule has 2 heterocycles. The monoisotopic (exact) mass is 300 g/mol. The Morgan fingerprint density at radius 1 is 0.818 bits per heavy atom. The minimum Gasteiger partial charge on any atom is -0.274 e. The van der Waals surface area contributed by atoms with Gasteiger partial charge in [0.05, 0.1) is 11.4 Å². The van der Waals surface area contributed by atoms with Crippen LogP contribution in [0.15, 0.2) is 24.3 Å². The van der Waals surface area contributed by atoms with E-state index in [2.05, 4.69) is 0 Å². The Kier molecular flexibility index (Phi) is 3.31. The van der Waals surface area contributed by atoms with Gasteiger partial charge >= 0.3 is 0 Å². The fraction of sp³-hybridized carbons (Fsp3) is 0.375. The molecule has 4 amide bonds. The number of nitrogens with zero attached hydrogens (tertiary/aromatic N) is 2. The lowest BCUT2D eigenvalue weighted by atomic mass is 10.1. The number of amides is 4. The molecule has 2 aliphatic heterocycles. The number of hydrogen-bond acceptors (Lipinski definition) is 4. The summed E-state index contributed by atoms with van der Waals surface area (Å²) in [5.74, 6) is -1.72. The molecule has 0 saturated carbocycles. The second-order valence-corrected chi connectivity index (χ2v) is 5.86. The molecule has 0 radical (unpaired) electrons. The molecule has 0 bridgehead atoms. The summed E-state index contributed by atoms with van der Waals surface area (Å²) in [5.41, 5.74) is 0.800. The average molecular weight is 300 g/mol. The number of rotatable bonds is 2. The van der Waals surface area contributed by atoms with Gasteiger partial charge in [0.15, 0.2) is 0 Å². The maximum atomic E-state index is 12.1. The lowest BCUT2D eigenvalue weighted by molar-refractivity contribution is -0.123. The van der Waals surface area contributed by atoms with Gasteiger partial charge in [-0.1, -0.05) is 19.9 Å². The standard InChI is InChI=1S/C16H16N2O4/c1-9-6-13(19)17(15(9)21)11-4-3-5-12(8-11)18-14(20)7-10(2)16(18)22/h3-5,8-10H,6-7H2,1-2H3. The van der Waals surface area contributed by atoms with E-state index in [4.69, 9.17) is 0 Å². The summed E-state index contributed by atoms with van der Waals surface area (Å²) in [6, 6.07) is 6.44. The van der Waals surface area contributed by atoms with Crippen LogP contribution in [0.2, 0.25) is 0 Å². The third-order valence-electron chi connectivity index (χ3n) is 4.09. The van der Waals surface area contributed by atoms with Crippen LogP contribution in [0.1, 0.15) is 26.7 Å². The molecule has 2 saturated heterocycles. The SMILES string of the molecule is CC1CC(=O)N(c2cccc(N3C(=O)CC(C)C3=O)c2)C1=O. The maximum absolute atomic E-state index is 12.1. The van der Waals surface area contributed by atoms with Crippen molar-refractivity contribution in [2.45, 2.75) is 26.7 Å². The van der Waals surface area contributed by atoms with Gasteiger partial charge in [-0.05, 0) is 18.2 Å². The van der Waals surface area contributed by atoms with Crippen molar-refractivity contribution in [1.29, 1.82) is 0 Å². The quantitative estimate of drug-likeness (QED) is 0.775. The number of benzene rings is 1. The third kappa shape index (κ3) is 2.11. The van der Waals surface area contributed by atoms with Crippen LogP contribution < -0.4 is 9.80 Å². The maximum Gasteiger partial charge on any atom is 0.237 e. The van der Waals surface area contributed by atoms with Gasteiger partial charge in [-0.2, -0.15) is 0 Å². The van der Waals surface area contributed by atoms with Crippen molar-refractivity contribution in [3.63, 3.8) is 0 Å². The Bertz CT molecular complexity index is 642. The van der Waals surface area contributed by atoms with Gasteiger partial charge < -0.3 is 0 Å². The molecule has 0 aliphatic carbocycles. The van der Waals surface area contributed by atoms with Crippen LogP contribution >= 0.6 is 0 Å². The molecule has 3 rings (SSSR count). The number of hydrogen-bond donors (Lipinski definition) is 0. The molecule has 22 heavy (non-hydrogen) atoms. The van der Waals surface area contributed by atoms with Gasteiger partial charge in [0.1, 0.15) is 0 Å². The number of carbonyl (C=O) groups is 4. The second kappa shape index (κ2) is 5.05. The lowest BCUT2D eigenvalue weighted by Gasteiger charge is -2.19. The highest BCUT2D eigenvalue weighted by atomic mass is 16.2. The molecule has 2 atom stereocenters. The number of carbonyl (C=O) groups excluding carboxylic acids is 4. The molecule has 6 nitrogen and oxygen atoms in total. The second-order valence-electron chi connectivity index (χ2n) is 5.86. The highest BCUT2D eigenvalue weighted by Gasteiger charge is 2.39. The summed E-state index contributed by atoms with van der Waals surface area (Å²) in [4.78, 5) is 50.4. The molecule has 1 aromatic rings. The Morgan fingerprint density at radius 2 is 1.23 bits per heavy atom. The highest BCUT2D eigenvalue weighted by molar-refractivity contribution is 6.23. The van der Waals surface area contributed by atoms with E-state index in [-0.39, 0.29) is 48.3 Å². The zero-order chi connectivity index (χ0) is 16.0. The molecule has 0 spiro atoms. The first kappa shape index (κ1) is 14.4. The van der Waals surface area contributed by atoms with E-state index < -0.39 is 0 Å². The largest absolute Gasteiger partial charge is 0.274 e. The first-order chi connectivity index (χ1) is 10.4. The Morgan fingerprint density at radius 3 is 1.55 bits per heavy atom. The fourth-order valence-corrected chi connectivity index (χ4v) is 2.88. The Labute approximate surface area is 127 Å². The van der Waals surface area contributed by atoms with E-state index in [9.17, 15) is 19.2 Å². The normalized spacial score (nSPS) is 25.5. The number of anilines is 2. The molecule has 0 N–H and O–H groups in total. The Balaban J connectivity index is 1.97. The zero-order valence-electron chi connectivity index (χ0n) is 12.4. The summed E-state index contributed by atoms with van der Waals surface area (Å²) in [6.45, 7) is 3.42. The van der Waals surface area contributed by atoms with Gasteiger partial charge in [-0.3, -0.25) is 29.0 Å². The van der Waals surface area contributed by atoms with Crippen molar-refractivity contribution >= 4 is 35.0 Å². The molecule has 1 aromatic carbocycles. The first-order valence-electron chi connectivity index (χ1n) is 7.24. The van der Waals surface area contributed by atoms with Gasteiger partial charge in [-0.25, -0.2) is 0 Å². The van der Waals surface area contributed by atoms with Crippen LogP contribution in [0.5, 0.6) is 0 Å². The van der Waals surface area contributed by atoms with Crippen molar-refractivity contribution in [3.8, 4) is 0 Å². The summed E-state index contributed by atoms with van der Waals surface area (Å²) in [5, 5.41) is 0. The van der Waals surface area contributed by atoms with Crippen molar-refractivity contribution < 1.29 is 19.2 Å². The molecular formula is C16H16N2O4. The van der Waals surface area contributed by atoms with Gasteiger partial charge in [0.2, 0.25) is 23.6 Å². The molecule has 114 valence electrons. The van der Waals surface area contributed by atoms with Crippen molar-refractivity contribution in [3.05, 3.63) is 24.3 Å². The van der Waals surface area contributed by atoms with Crippen LogP contribution in [-0.4, -0.2) is 23.6 Å². The Hall–Kier alpha value is -2.50. The van der Waals surface area contributed by atoms with Crippen LogP contribution in [0.25, 0.3) is 0 Å². The highest BCUT2D eigenvalue weighted by Crippen LogP contribution is 2.32. The van der Waals surface area contributed by atoms with Crippen molar-refractivity contribution in [2.24, 2.45) is 11.8 Å². The van der Waals surface area contributed by atoms with Gasteiger partial charge in [-0.15, -0.1) is 0 Å². The first-order valence-corrected chi connectivity index (χ1v) is 7.24. The predicted octanol–water partition coefficient (Wildman–Crippen LogP) is 1.49. The van der Waals surface area contributed by atoms with Crippen LogP contribution in [0.4, 0.5) is 11.4 Å². The van der Waals surface area contributed by atoms with Crippen molar-refractivity contribution in [1.82, 2.24) is 0 Å². The molecule has 6 heteroatoms. The average Bonchev–Trinajstić information content (AvgIpc) is 2.86. The predicted molar refractivity (Wildman–Crippen MR) is 79.0 cm³/mol.